The number of carbonyl (C=O) groups excluding carboxylic acids is 1. The van der Waals surface area contributed by atoms with E-state index in [0.717, 1.165) is 30.5 Å². The van der Waals surface area contributed by atoms with Gasteiger partial charge in [0.25, 0.3) is 5.91 Å². The van der Waals surface area contributed by atoms with Crippen molar-refractivity contribution < 1.29 is 4.79 Å². The number of nitrogens with one attached hydrogen (secondary N) is 2. The van der Waals surface area contributed by atoms with E-state index in [9.17, 15) is 4.79 Å². The van der Waals surface area contributed by atoms with Crippen LogP contribution in [-0.2, 0) is 13.1 Å². The number of hydrogen-bond acceptors (Lipinski definition) is 7. The molecule has 0 unspecified atom stereocenters. The number of carbonyl (C=O) groups is 1. The Bertz CT molecular complexity index is 1130. The molecule has 1 amide bonds. The number of imidazole rings is 1. The largest absolute Gasteiger partial charge is 0.398 e. The van der Waals surface area contributed by atoms with E-state index >= 15 is 0 Å². The maximum Gasteiger partial charge on any atom is 0.272 e. The number of para-hydroxylation sites is 2. The molecule has 1 aromatic heterocycles. The van der Waals surface area contributed by atoms with Gasteiger partial charge >= 0.3 is 0 Å². The van der Waals surface area contributed by atoms with Gasteiger partial charge in [-0.25, -0.2) is 0 Å². The minimum atomic E-state index is -0.239. The molecule has 0 aliphatic carbocycles. The van der Waals surface area contributed by atoms with Gasteiger partial charge in [-0.2, -0.15) is 4.98 Å². The summed E-state index contributed by atoms with van der Waals surface area (Å²) in [5.41, 5.74) is 22.1. The van der Waals surface area contributed by atoms with Crippen molar-refractivity contribution in [2.24, 2.45) is 5.73 Å². The van der Waals surface area contributed by atoms with Gasteiger partial charge in [0, 0.05) is 44.1 Å². The van der Waals surface area contributed by atoms with Crippen LogP contribution < -0.4 is 32.7 Å². The number of hydrogen-bond donors (Lipinski definition) is 5. The summed E-state index contributed by atoms with van der Waals surface area (Å²) >= 11 is 0. The van der Waals surface area contributed by atoms with E-state index < -0.39 is 0 Å². The van der Waals surface area contributed by atoms with Crippen molar-refractivity contribution in [2.75, 3.05) is 41.8 Å². The third kappa shape index (κ3) is 4.88. The summed E-state index contributed by atoms with van der Waals surface area (Å²) in [6, 6.07) is 15.2. The SMILES string of the molecule is CNc1nc(N2CCC[C@@H](N)C2)n(Cc2ccccc2N)c1C(=O)NCc1ccccc1N. The molecule has 2 aromatic carbocycles. The van der Waals surface area contributed by atoms with Crippen LogP contribution in [-0.4, -0.2) is 41.6 Å². The average Bonchev–Trinajstić information content (AvgIpc) is 3.18. The molecule has 0 bridgehead atoms. The monoisotopic (exact) mass is 448 g/mol. The topological polar surface area (TPSA) is 140 Å². The maximum absolute atomic E-state index is 13.4. The fourth-order valence-corrected chi connectivity index (χ4v) is 4.23. The highest BCUT2D eigenvalue weighted by atomic mass is 16.2. The normalized spacial score (nSPS) is 15.9. The van der Waals surface area contributed by atoms with Crippen molar-refractivity contribution >= 4 is 29.0 Å². The van der Waals surface area contributed by atoms with Crippen LogP contribution in [0.15, 0.2) is 48.5 Å². The molecule has 1 fully saturated rings. The molecular formula is C24H32N8O. The smallest absolute Gasteiger partial charge is 0.272 e. The Morgan fingerprint density at radius 2 is 1.76 bits per heavy atom. The quantitative estimate of drug-likeness (QED) is 0.348. The molecule has 1 atom stereocenters. The van der Waals surface area contributed by atoms with Gasteiger partial charge in [-0.15, -0.1) is 0 Å². The minimum Gasteiger partial charge on any atom is -0.398 e. The van der Waals surface area contributed by atoms with Crippen molar-refractivity contribution in [2.45, 2.75) is 32.0 Å². The fraction of sp³-hybridized carbons (Fsp3) is 0.333. The first-order chi connectivity index (χ1) is 16.0. The zero-order valence-corrected chi connectivity index (χ0v) is 18.9. The van der Waals surface area contributed by atoms with Gasteiger partial charge in [0.1, 0.15) is 0 Å². The molecule has 33 heavy (non-hydrogen) atoms. The summed E-state index contributed by atoms with van der Waals surface area (Å²) in [6.45, 7) is 2.25. The van der Waals surface area contributed by atoms with Crippen LogP contribution in [0.4, 0.5) is 23.1 Å². The summed E-state index contributed by atoms with van der Waals surface area (Å²) in [4.78, 5) is 20.4. The maximum atomic E-state index is 13.4. The summed E-state index contributed by atoms with van der Waals surface area (Å²) in [5.74, 6) is 0.983. The van der Waals surface area contributed by atoms with Crippen molar-refractivity contribution in [3.63, 3.8) is 0 Å². The zero-order chi connectivity index (χ0) is 23.4. The molecule has 8 N–H and O–H groups in total. The lowest BCUT2D eigenvalue weighted by atomic mass is 10.1. The van der Waals surface area contributed by atoms with Crippen LogP contribution in [0.25, 0.3) is 0 Å². The molecule has 9 nitrogen and oxygen atoms in total. The van der Waals surface area contributed by atoms with E-state index in [1.165, 1.54) is 0 Å². The van der Waals surface area contributed by atoms with Gasteiger partial charge in [-0.1, -0.05) is 36.4 Å². The van der Waals surface area contributed by atoms with Gasteiger partial charge < -0.3 is 32.7 Å². The number of anilines is 4. The molecule has 0 spiro atoms. The van der Waals surface area contributed by atoms with Gasteiger partial charge in [-0.05, 0) is 36.1 Å². The summed E-state index contributed by atoms with van der Waals surface area (Å²) in [7, 11) is 1.77. The number of nitrogens with two attached hydrogens (primary N) is 3. The third-order valence-corrected chi connectivity index (χ3v) is 6.02. The molecular weight excluding hydrogens is 416 g/mol. The highest BCUT2D eigenvalue weighted by molar-refractivity contribution is 5.98. The average molecular weight is 449 g/mol. The van der Waals surface area contributed by atoms with E-state index in [1.54, 1.807) is 7.05 Å². The summed E-state index contributed by atoms with van der Waals surface area (Å²) in [5, 5.41) is 6.09. The van der Waals surface area contributed by atoms with Crippen molar-refractivity contribution in [1.82, 2.24) is 14.9 Å². The van der Waals surface area contributed by atoms with Crippen LogP contribution in [0, 0.1) is 0 Å². The Morgan fingerprint density at radius 1 is 1.09 bits per heavy atom. The van der Waals surface area contributed by atoms with Crippen LogP contribution >= 0.6 is 0 Å². The summed E-state index contributed by atoms with van der Waals surface area (Å²) < 4.78 is 1.93. The zero-order valence-electron chi connectivity index (χ0n) is 18.9. The number of aromatic nitrogens is 2. The Hall–Kier alpha value is -3.72. The Balaban J connectivity index is 1.71. The first kappa shape index (κ1) is 22.5. The molecule has 174 valence electrons. The summed E-state index contributed by atoms with van der Waals surface area (Å²) in [6.07, 6.45) is 1.96. The van der Waals surface area contributed by atoms with Crippen LogP contribution in [0.1, 0.15) is 34.5 Å². The molecule has 0 saturated carbocycles. The first-order valence-corrected chi connectivity index (χ1v) is 11.2. The Labute approximate surface area is 194 Å². The second-order valence-electron chi connectivity index (χ2n) is 8.37. The Kier molecular flexibility index (Phi) is 6.69. The fourth-order valence-electron chi connectivity index (χ4n) is 4.23. The molecule has 4 rings (SSSR count). The highest BCUT2D eigenvalue weighted by Gasteiger charge is 2.28. The van der Waals surface area contributed by atoms with Crippen molar-refractivity contribution in [3.8, 4) is 0 Å². The molecule has 1 aliphatic rings. The van der Waals surface area contributed by atoms with E-state index in [4.69, 9.17) is 22.2 Å². The second kappa shape index (κ2) is 9.83. The van der Waals surface area contributed by atoms with E-state index in [0.29, 0.717) is 48.5 Å². The molecule has 9 heteroatoms. The lowest BCUT2D eigenvalue weighted by Gasteiger charge is -2.32. The van der Waals surface area contributed by atoms with Crippen LogP contribution in [0.5, 0.6) is 0 Å². The van der Waals surface area contributed by atoms with E-state index in [1.807, 2.05) is 53.1 Å². The molecule has 1 aliphatic heterocycles. The van der Waals surface area contributed by atoms with Crippen LogP contribution in [0.2, 0.25) is 0 Å². The lowest BCUT2D eigenvalue weighted by Crippen LogP contribution is -2.44. The lowest BCUT2D eigenvalue weighted by molar-refractivity contribution is 0.0943. The highest BCUT2D eigenvalue weighted by Crippen LogP contribution is 2.28. The van der Waals surface area contributed by atoms with Crippen LogP contribution in [0.3, 0.4) is 0 Å². The molecule has 2 heterocycles. The second-order valence-corrected chi connectivity index (χ2v) is 8.37. The number of nitrogens with zero attached hydrogens (tertiary/aromatic N) is 3. The number of piperidine rings is 1. The third-order valence-electron chi connectivity index (χ3n) is 6.02. The van der Waals surface area contributed by atoms with Gasteiger partial charge in [0.2, 0.25) is 5.95 Å². The number of benzene rings is 2. The predicted octanol–water partition coefficient (Wildman–Crippen LogP) is 2.00. The predicted molar refractivity (Wildman–Crippen MR) is 133 cm³/mol. The van der Waals surface area contributed by atoms with Gasteiger partial charge in [0.05, 0.1) is 6.54 Å². The number of nitrogen functional groups attached to an aromatic ring is 2. The molecule has 0 radical (unpaired) electrons. The van der Waals surface area contributed by atoms with Crippen molar-refractivity contribution in [3.05, 3.63) is 65.4 Å². The van der Waals surface area contributed by atoms with Gasteiger partial charge in [0.15, 0.2) is 11.5 Å². The number of amides is 1. The minimum absolute atomic E-state index is 0.0714. The van der Waals surface area contributed by atoms with Gasteiger partial charge in [-0.3, -0.25) is 9.36 Å². The standard InChI is InChI=1S/C24H32N8O/c1-28-22-21(23(33)29-13-16-7-2-4-10-19(16)26)32(14-17-8-3-5-11-20(17)27)24(30-22)31-12-6-9-18(25)15-31/h2-5,7-8,10-11,18,28H,6,9,12-15,25-27H2,1H3,(H,29,33)/t18-/m1/s1. The molecule has 3 aromatic rings. The van der Waals surface area contributed by atoms with E-state index in [-0.39, 0.29) is 11.9 Å². The van der Waals surface area contributed by atoms with Crippen molar-refractivity contribution in [1.29, 1.82) is 0 Å². The van der Waals surface area contributed by atoms with E-state index in [2.05, 4.69) is 15.5 Å². The molecule has 1 saturated heterocycles. The Morgan fingerprint density at radius 3 is 2.39 bits per heavy atom. The first-order valence-electron chi connectivity index (χ1n) is 11.2. The number of rotatable bonds is 7.